The van der Waals surface area contributed by atoms with Gasteiger partial charge in [0.1, 0.15) is 0 Å². The Kier molecular flexibility index (Phi) is 4.02. The summed E-state index contributed by atoms with van der Waals surface area (Å²) in [6, 6.07) is 0. The van der Waals surface area contributed by atoms with Gasteiger partial charge < -0.3 is 10.4 Å². The number of aliphatic hydroxyl groups is 1. The third-order valence-electron chi connectivity index (χ3n) is 3.36. The van der Waals surface area contributed by atoms with Crippen LogP contribution in [0, 0.1) is 0 Å². The number of carbonyl (C=O) groups is 1. The van der Waals surface area contributed by atoms with Crippen LogP contribution in [0.1, 0.15) is 56.7 Å². The molecule has 0 spiro atoms. The highest BCUT2D eigenvalue weighted by Crippen LogP contribution is 2.33. The van der Waals surface area contributed by atoms with Gasteiger partial charge in [-0.25, -0.2) is 4.98 Å². The fourth-order valence-electron chi connectivity index (χ4n) is 2.28. The van der Waals surface area contributed by atoms with E-state index < -0.39 is 5.60 Å². The second-order valence-corrected chi connectivity index (χ2v) is 6.44. The van der Waals surface area contributed by atoms with Crippen LogP contribution in [0.15, 0.2) is 6.20 Å². The normalized spacial score (nSPS) is 18.2. The first kappa shape index (κ1) is 13.5. The average Bonchev–Trinajstić information content (AvgIpc) is 2.87. The van der Waals surface area contributed by atoms with Gasteiger partial charge >= 0.3 is 0 Å². The smallest absolute Gasteiger partial charge is 0.229 e. The first-order chi connectivity index (χ1) is 8.48. The summed E-state index contributed by atoms with van der Waals surface area (Å²) in [5, 5.41) is 13.6. The van der Waals surface area contributed by atoms with Crippen molar-refractivity contribution in [2.24, 2.45) is 0 Å². The minimum atomic E-state index is -0.789. The Morgan fingerprint density at radius 2 is 2.22 bits per heavy atom. The maximum atomic E-state index is 11.8. The van der Waals surface area contributed by atoms with Crippen molar-refractivity contribution in [2.75, 3.05) is 5.32 Å². The van der Waals surface area contributed by atoms with E-state index in [0.717, 1.165) is 30.6 Å². The van der Waals surface area contributed by atoms with E-state index in [2.05, 4.69) is 24.1 Å². The van der Waals surface area contributed by atoms with Gasteiger partial charge in [-0.3, -0.25) is 4.79 Å². The number of hydrogen-bond donors (Lipinski definition) is 2. The lowest BCUT2D eigenvalue weighted by Crippen LogP contribution is -2.30. The van der Waals surface area contributed by atoms with E-state index in [1.807, 2.05) is 0 Å². The molecule has 1 saturated carbocycles. The zero-order valence-electron chi connectivity index (χ0n) is 10.9. The molecular formula is C13H20N2O2S. The molecule has 0 unspecified atom stereocenters. The fraction of sp³-hybridized carbons (Fsp3) is 0.692. The van der Waals surface area contributed by atoms with E-state index in [1.54, 1.807) is 6.20 Å². The quantitative estimate of drug-likeness (QED) is 0.882. The molecule has 1 aromatic heterocycles. The number of thiazole rings is 1. The van der Waals surface area contributed by atoms with Crippen LogP contribution in [0.3, 0.4) is 0 Å². The van der Waals surface area contributed by atoms with Gasteiger partial charge in [-0.2, -0.15) is 0 Å². The van der Waals surface area contributed by atoms with Crippen LogP contribution in [0.25, 0.3) is 0 Å². The minimum absolute atomic E-state index is 0.135. The SMILES string of the molecule is CC(C)c1cnc(NC(=O)CC2(O)CCCC2)s1. The number of aromatic nitrogens is 1. The van der Waals surface area contributed by atoms with Crippen LogP contribution in [-0.4, -0.2) is 21.6 Å². The van der Waals surface area contributed by atoms with Crippen LogP contribution in [-0.2, 0) is 4.79 Å². The molecule has 2 rings (SSSR count). The van der Waals surface area contributed by atoms with Crippen molar-refractivity contribution < 1.29 is 9.90 Å². The summed E-state index contributed by atoms with van der Waals surface area (Å²) in [6.45, 7) is 4.20. The molecule has 4 nitrogen and oxygen atoms in total. The van der Waals surface area contributed by atoms with E-state index in [-0.39, 0.29) is 12.3 Å². The molecule has 5 heteroatoms. The second-order valence-electron chi connectivity index (χ2n) is 5.38. The Morgan fingerprint density at radius 3 is 2.78 bits per heavy atom. The number of rotatable bonds is 4. The molecule has 1 heterocycles. The monoisotopic (exact) mass is 268 g/mol. The zero-order chi connectivity index (χ0) is 13.2. The Bertz CT molecular complexity index is 422. The van der Waals surface area contributed by atoms with Crippen molar-refractivity contribution in [2.45, 2.75) is 57.5 Å². The molecule has 1 aliphatic carbocycles. The largest absolute Gasteiger partial charge is 0.389 e. The molecule has 0 radical (unpaired) electrons. The van der Waals surface area contributed by atoms with Gasteiger partial charge in [0.25, 0.3) is 0 Å². The number of nitrogens with zero attached hydrogens (tertiary/aromatic N) is 1. The van der Waals surface area contributed by atoms with Crippen molar-refractivity contribution in [3.05, 3.63) is 11.1 Å². The van der Waals surface area contributed by atoms with Crippen LogP contribution in [0.4, 0.5) is 5.13 Å². The molecule has 1 aromatic rings. The average molecular weight is 268 g/mol. The lowest BCUT2D eigenvalue weighted by molar-refractivity contribution is -0.120. The molecule has 100 valence electrons. The van der Waals surface area contributed by atoms with Gasteiger partial charge in [0.2, 0.25) is 5.91 Å². The molecule has 0 saturated heterocycles. The summed E-state index contributed by atoms with van der Waals surface area (Å²) in [6.07, 6.45) is 5.47. The molecule has 0 atom stereocenters. The van der Waals surface area contributed by atoms with Gasteiger partial charge in [0.05, 0.1) is 12.0 Å². The summed E-state index contributed by atoms with van der Waals surface area (Å²) < 4.78 is 0. The maximum absolute atomic E-state index is 11.8. The van der Waals surface area contributed by atoms with Gasteiger partial charge in [-0.15, -0.1) is 11.3 Å². The third kappa shape index (κ3) is 3.29. The lowest BCUT2D eigenvalue weighted by Gasteiger charge is -2.20. The van der Waals surface area contributed by atoms with Crippen LogP contribution in [0.2, 0.25) is 0 Å². The number of anilines is 1. The summed E-state index contributed by atoms with van der Waals surface area (Å²) in [4.78, 5) is 17.2. The number of hydrogen-bond acceptors (Lipinski definition) is 4. The predicted octanol–water partition coefficient (Wildman–Crippen LogP) is 2.90. The maximum Gasteiger partial charge on any atom is 0.229 e. The van der Waals surface area contributed by atoms with Gasteiger partial charge in [0.15, 0.2) is 5.13 Å². The van der Waals surface area contributed by atoms with E-state index >= 15 is 0 Å². The molecule has 0 bridgehead atoms. The lowest BCUT2D eigenvalue weighted by atomic mass is 9.98. The molecule has 0 aliphatic heterocycles. The molecule has 0 aromatic carbocycles. The van der Waals surface area contributed by atoms with Crippen LogP contribution < -0.4 is 5.32 Å². The molecule has 1 aliphatic rings. The fourth-order valence-corrected chi connectivity index (χ4v) is 3.12. The first-order valence-corrected chi connectivity index (χ1v) is 7.28. The highest BCUT2D eigenvalue weighted by Gasteiger charge is 2.33. The second kappa shape index (κ2) is 5.36. The Hall–Kier alpha value is -0.940. The number of amides is 1. The van der Waals surface area contributed by atoms with Crippen molar-refractivity contribution in [1.29, 1.82) is 0 Å². The van der Waals surface area contributed by atoms with Gasteiger partial charge in [-0.05, 0) is 18.8 Å². The summed E-state index contributed by atoms with van der Waals surface area (Å²) in [5.41, 5.74) is -0.789. The Labute approximate surface area is 111 Å². The standard InChI is InChI=1S/C13H20N2O2S/c1-9(2)10-8-14-12(18-10)15-11(16)7-13(17)5-3-4-6-13/h8-9,17H,3-7H2,1-2H3,(H,14,15,16). The van der Waals surface area contributed by atoms with Crippen molar-refractivity contribution in [1.82, 2.24) is 4.98 Å². The first-order valence-electron chi connectivity index (χ1n) is 6.46. The number of carbonyl (C=O) groups excluding carboxylic acids is 1. The summed E-state index contributed by atoms with van der Waals surface area (Å²) in [5.74, 6) is 0.288. The van der Waals surface area contributed by atoms with Gasteiger partial charge in [-0.1, -0.05) is 26.7 Å². The van der Waals surface area contributed by atoms with E-state index in [4.69, 9.17) is 0 Å². The van der Waals surface area contributed by atoms with Crippen LogP contribution in [0.5, 0.6) is 0 Å². The molecular weight excluding hydrogens is 248 g/mol. The highest BCUT2D eigenvalue weighted by molar-refractivity contribution is 7.15. The summed E-state index contributed by atoms with van der Waals surface area (Å²) >= 11 is 1.50. The van der Waals surface area contributed by atoms with E-state index in [1.165, 1.54) is 11.3 Å². The molecule has 18 heavy (non-hydrogen) atoms. The number of nitrogens with one attached hydrogen (secondary N) is 1. The van der Waals surface area contributed by atoms with Crippen molar-refractivity contribution >= 4 is 22.4 Å². The van der Waals surface area contributed by atoms with Crippen molar-refractivity contribution in [3.63, 3.8) is 0 Å². The van der Waals surface area contributed by atoms with E-state index in [0.29, 0.717) is 11.0 Å². The van der Waals surface area contributed by atoms with Crippen molar-refractivity contribution in [3.8, 4) is 0 Å². The Morgan fingerprint density at radius 1 is 1.56 bits per heavy atom. The topological polar surface area (TPSA) is 62.2 Å². The molecule has 1 amide bonds. The van der Waals surface area contributed by atoms with Gasteiger partial charge in [0, 0.05) is 11.1 Å². The molecule has 1 fully saturated rings. The predicted molar refractivity (Wildman–Crippen MR) is 72.9 cm³/mol. The zero-order valence-corrected chi connectivity index (χ0v) is 11.7. The van der Waals surface area contributed by atoms with E-state index in [9.17, 15) is 9.90 Å². The highest BCUT2D eigenvalue weighted by atomic mass is 32.1. The summed E-state index contributed by atoms with van der Waals surface area (Å²) in [7, 11) is 0. The third-order valence-corrected chi connectivity index (χ3v) is 4.58. The Balaban J connectivity index is 1.90. The molecule has 2 N–H and O–H groups in total. The van der Waals surface area contributed by atoms with Crippen LogP contribution >= 0.6 is 11.3 Å². The minimum Gasteiger partial charge on any atom is -0.389 e.